The molecule has 1 aliphatic heterocycles. The molecule has 0 N–H and O–H groups in total. The predicted molar refractivity (Wildman–Crippen MR) is 53.6 cm³/mol. The molecule has 86 valence electrons. The number of rotatable bonds is 1. The van der Waals surface area contributed by atoms with Crippen molar-refractivity contribution in [2.45, 2.75) is 11.2 Å². The van der Waals surface area contributed by atoms with Crippen LogP contribution in [0.1, 0.15) is 5.69 Å². The van der Waals surface area contributed by atoms with Crippen LogP contribution in [0.25, 0.3) is 0 Å². The van der Waals surface area contributed by atoms with Crippen molar-refractivity contribution in [3.63, 3.8) is 0 Å². The van der Waals surface area contributed by atoms with E-state index in [1.165, 1.54) is 12.4 Å². The second kappa shape index (κ2) is 3.62. The molecule has 0 fully saturated rings. The molecular weight excluding hydrogens is 243 g/mol. The topological polar surface area (TPSA) is 30.2 Å². The summed E-state index contributed by atoms with van der Waals surface area (Å²) < 4.78 is 38.0. The Morgan fingerprint density at radius 1 is 1.44 bits per heavy atom. The number of hydrogen-bond donors (Lipinski definition) is 0. The van der Waals surface area contributed by atoms with Crippen molar-refractivity contribution in [2.75, 3.05) is 6.54 Å². The molecule has 1 atom stereocenters. The quantitative estimate of drug-likeness (QED) is 0.703. The first kappa shape index (κ1) is 11.2. The zero-order chi connectivity index (χ0) is 11.8. The molecule has 1 aliphatic rings. The Labute approximate surface area is 94.2 Å². The number of alkyl halides is 4. The van der Waals surface area contributed by atoms with Crippen LogP contribution in [-0.4, -0.2) is 22.5 Å². The fraction of sp³-hybridized carbons (Fsp3) is 0.333. The highest BCUT2D eigenvalue weighted by atomic mass is 35.5. The molecule has 0 saturated carbocycles. The summed E-state index contributed by atoms with van der Waals surface area (Å²) in [4.78, 5) is 2.75. The molecule has 0 aliphatic carbocycles. The molecule has 1 aromatic rings. The van der Waals surface area contributed by atoms with E-state index in [1.54, 1.807) is 12.2 Å². The maximum Gasteiger partial charge on any atom is 0.435 e. The van der Waals surface area contributed by atoms with Crippen molar-refractivity contribution in [1.29, 1.82) is 0 Å². The summed E-state index contributed by atoms with van der Waals surface area (Å²) in [6, 6.07) is 0.885. The maximum atomic E-state index is 12.3. The van der Waals surface area contributed by atoms with Gasteiger partial charge in [0.05, 0.1) is 6.54 Å². The van der Waals surface area contributed by atoms with E-state index >= 15 is 0 Å². The Morgan fingerprint density at radius 3 is 2.69 bits per heavy atom. The van der Waals surface area contributed by atoms with Crippen molar-refractivity contribution in [3.8, 4) is 0 Å². The fourth-order valence-corrected chi connectivity index (χ4v) is 1.55. The van der Waals surface area contributed by atoms with Crippen LogP contribution in [0, 0.1) is 0 Å². The average molecular weight is 250 g/mol. The molecule has 3 nitrogen and oxygen atoms in total. The lowest BCUT2D eigenvalue weighted by Gasteiger charge is -2.23. The van der Waals surface area contributed by atoms with Gasteiger partial charge in [-0.05, 0) is 18.2 Å². The molecule has 1 unspecified atom stereocenters. The maximum absolute atomic E-state index is 12.3. The van der Waals surface area contributed by atoms with Crippen LogP contribution >= 0.6 is 11.6 Å². The SMILES string of the molecule is FC(F)(F)c1ccn(C2(Cl)C=CC=NC2)n1. The van der Waals surface area contributed by atoms with E-state index in [1.807, 2.05) is 0 Å². The Morgan fingerprint density at radius 2 is 2.19 bits per heavy atom. The molecule has 0 amide bonds. The first-order chi connectivity index (χ1) is 7.42. The summed E-state index contributed by atoms with van der Waals surface area (Å²) in [5.41, 5.74) is -0.963. The zero-order valence-corrected chi connectivity index (χ0v) is 8.70. The van der Waals surface area contributed by atoms with E-state index < -0.39 is 16.9 Å². The lowest BCUT2D eigenvalue weighted by Crippen LogP contribution is -2.31. The number of aromatic nitrogens is 2. The lowest BCUT2D eigenvalue weighted by molar-refractivity contribution is -0.141. The van der Waals surface area contributed by atoms with E-state index in [2.05, 4.69) is 10.1 Å². The van der Waals surface area contributed by atoms with Gasteiger partial charge in [0.1, 0.15) is 0 Å². The van der Waals surface area contributed by atoms with Crippen LogP contribution in [0.15, 0.2) is 29.4 Å². The van der Waals surface area contributed by atoms with Gasteiger partial charge in [-0.25, -0.2) is 4.68 Å². The summed E-state index contributed by atoms with van der Waals surface area (Å²) in [5, 5.41) is 3.41. The number of aliphatic imine (C=N–C) groups is 1. The zero-order valence-electron chi connectivity index (χ0n) is 7.95. The van der Waals surface area contributed by atoms with Crippen LogP contribution in [0.5, 0.6) is 0 Å². The Bertz CT molecular complexity index is 449. The van der Waals surface area contributed by atoms with E-state index in [0.717, 1.165) is 10.7 Å². The third-order valence-electron chi connectivity index (χ3n) is 2.12. The highest BCUT2D eigenvalue weighted by Crippen LogP contribution is 2.31. The van der Waals surface area contributed by atoms with Gasteiger partial charge in [0, 0.05) is 12.4 Å². The van der Waals surface area contributed by atoms with Crippen molar-refractivity contribution in [1.82, 2.24) is 9.78 Å². The summed E-state index contributed by atoms with van der Waals surface area (Å²) >= 11 is 6.10. The van der Waals surface area contributed by atoms with Crippen LogP contribution in [0.2, 0.25) is 0 Å². The van der Waals surface area contributed by atoms with Gasteiger partial charge in [-0.15, -0.1) is 0 Å². The third kappa shape index (κ3) is 1.97. The van der Waals surface area contributed by atoms with E-state index in [4.69, 9.17) is 11.6 Å². The summed E-state index contributed by atoms with van der Waals surface area (Å²) in [7, 11) is 0. The van der Waals surface area contributed by atoms with Crippen LogP contribution in [0.4, 0.5) is 13.2 Å². The Hall–Kier alpha value is -1.30. The van der Waals surface area contributed by atoms with Crippen molar-refractivity contribution in [3.05, 3.63) is 30.1 Å². The summed E-state index contributed by atoms with van der Waals surface area (Å²) in [6.45, 7) is 0.157. The van der Waals surface area contributed by atoms with E-state index in [9.17, 15) is 13.2 Å². The first-order valence-corrected chi connectivity index (χ1v) is 4.79. The molecule has 7 heteroatoms. The van der Waals surface area contributed by atoms with Crippen LogP contribution in [-0.2, 0) is 11.2 Å². The van der Waals surface area contributed by atoms with E-state index in [-0.39, 0.29) is 6.54 Å². The summed E-state index contributed by atoms with van der Waals surface area (Å²) in [6.07, 6.45) is 1.40. The second-order valence-electron chi connectivity index (χ2n) is 3.31. The van der Waals surface area contributed by atoms with E-state index in [0.29, 0.717) is 0 Å². The molecule has 2 heterocycles. The van der Waals surface area contributed by atoms with Gasteiger partial charge < -0.3 is 0 Å². The largest absolute Gasteiger partial charge is 0.435 e. The first-order valence-electron chi connectivity index (χ1n) is 4.42. The number of dihydropyridines is 1. The van der Waals surface area contributed by atoms with Gasteiger partial charge in [0.15, 0.2) is 10.7 Å². The molecule has 2 rings (SSSR count). The van der Waals surface area contributed by atoms with Gasteiger partial charge in [-0.1, -0.05) is 11.6 Å². The van der Waals surface area contributed by atoms with Crippen molar-refractivity contribution < 1.29 is 13.2 Å². The normalized spacial score (nSPS) is 25.0. The molecule has 0 spiro atoms. The van der Waals surface area contributed by atoms with Gasteiger partial charge in [-0.3, -0.25) is 4.99 Å². The Kier molecular flexibility index (Phi) is 2.53. The second-order valence-corrected chi connectivity index (χ2v) is 3.97. The number of allylic oxidation sites excluding steroid dienone is 1. The smallest absolute Gasteiger partial charge is 0.289 e. The number of hydrogen-bond acceptors (Lipinski definition) is 2. The monoisotopic (exact) mass is 249 g/mol. The van der Waals surface area contributed by atoms with Crippen molar-refractivity contribution in [2.24, 2.45) is 4.99 Å². The fourth-order valence-electron chi connectivity index (χ4n) is 1.32. The molecule has 0 aromatic carbocycles. The number of nitrogens with zero attached hydrogens (tertiary/aromatic N) is 3. The Balaban J connectivity index is 2.32. The molecule has 0 bridgehead atoms. The molecule has 1 aromatic heterocycles. The number of halogens is 4. The van der Waals surface area contributed by atoms with Crippen LogP contribution < -0.4 is 0 Å². The lowest BCUT2D eigenvalue weighted by atomic mass is 10.2. The minimum atomic E-state index is -4.46. The highest BCUT2D eigenvalue weighted by molar-refractivity contribution is 6.23. The molecule has 0 saturated heterocycles. The minimum absolute atomic E-state index is 0.157. The van der Waals surface area contributed by atoms with Gasteiger partial charge in [-0.2, -0.15) is 18.3 Å². The third-order valence-corrected chi connectivity index (χ3v) is 2.54. The van der Waals surface area contributed by atoms with Gasteiger partial charge >= 0.3 is 6.18 Å². The average Bonchev–Trinajstić information content (AvgIpc) is 2.67. The molecule has 16 heavy (non-hydrogen) atoms. The van der Waals surface area contributed by atoms with Gasteiger partial charge in [0.2, 0.25) is 0 Å². The highest BCUT2D eigenvalue weighted by Gasteiger charge is 2.36. The predicted octanol–water partition coefficient (Wildman–Crippen LogP) is 2.43. The van der Waals surface area contributed by atoms with Crippen molar-refractivity contribution >= 4 is 17.8 Å². The van der Waals surface area contributed by atoms with Gasteiger partial charge in [0.25, 0.3) is 0 Å². The van der Waals surface area contributed by atoms with Crippen LogP contribution in [0.3, 0.4) is 0 Å². The standard InChI is InChI=1S/C9H7ClF3N3/c10-8(3-1-4-14-6-8)16-5-2-7(15-16)9(11,12)13/h1-5H,6H2. The summed E-state index contributed by atoms with van der Waals surface area (Å²) in [5.74, 6) is 0. The minimum Gasteiger partial charge on any atom is -0.289 e. The molecule has 0 radical (unpaired) electrons. The molecular formula is C9H7ClF3N3.